The van der Waals surface area contributed by atoms with E-state index >= 15 is 0 Å². The van der Waals surface area contributed by atoms with Crippen molar-refractivity contribution in [2.45, 2.75) is 35.1 Å². The second kappa shape index (κ2) is 6.43. The van der Waals surface area contributed by atoms with Crippen molar-refractivity contribution in [2.75, 3.05) is 13.1 Å². The fourth-order valence-corrected chi connectivity index (χ4v) is 4.58. The van der Waals surface area contributed by atoms with Crippen molar-refractivity contribution in [3.8, 4) is 0 Å². The lowest BCUT2D eigenvalue weighted by Gasteiger charge is -2.39. The Morgan fingerprint density at radius 2 is 1.29 bits per heavy atom. The summed E-state index contributed by atoms with van der Waals surface area (Å²) in [7, 11) is 0. The second-order valence-corrected chi connectivity index (χ2v) is 6.76. The lowest BCUT2D eigenvalue weighted by atomic mass is 9.94. The quantitative estimate of drug-likeness (QED) is 0.715. The minimum absolute atomic E-state index is 0. The molecule has 1 saturated heterocycles. The average molecular weight is 318 g/mol. The van der Waals surface area contributed by atoms with Gasteiger partial charge in [-0.05, 0) is 49.2 Å². The Labute approximate surface area is 137 Å². The molecule has 2 aliphatic heterocycles. The molecule has 21 heavy (non-hydrogen) atoms. The molecule has 2 aliphatic rings. The normalized spacial score (nSPS) is 18.5. The molecule has 0 saturated carbocycles. The van der Waals surface area contributed by atoms with Gasteiger partial charge in [0.15, 0.2) is 0 Å². The molecule has 1 fully saturated rings. The number of benzene rings is 2. The Bertz CT molecular complexity index is 577. The summed E-state index contributed by atoms with van der Waals surface area (Å²) in [6.07, 6.45) is 4.07. The molecule has 0 bridgehead atoms. The van der Waals surface area contributed by atoms with Crippen LogP contribution in [0.25, 0.3) is 0 Å². The predicted octanol–water partition coefficient (Wildman–Crippen LogP) is 5.15. The van der Waals surface area contributed by atoms with Crippen LogP contribution in [0, 0.1) is 0 Å². The van der Waals surface area contributed by atoms with Gasteiger partial charge >= 0.3 is 0 Å². The Balaban J connectivity index is 0.00000132. The van der Waals surface area contributed by atoms with Gasteiger partial charge in [-0.3, -0.25) is 4.90 Å². The van der Waals surface area contributed by atoms with Crippen molar-refractivity contribution in [3.05, 3.63) is 59.7 Å². The molecule has 0 radical (unpaired) electrons. The number of fused-ring (bicyclic) bond motifs is 2. The first-order valence-electron chi connectivity index (χ1n) is 7.53. The van der Waals surface area contributed by atoms with Crippen molar-refractivity contribution in [2.24, 2.45) is 0 Å². The van der Waals surface area contributed by atoms with Gasteiger partial charge in [-0.25, -0.2) is 0 Å². The van der Waals surface area contributed by atoms with Crippen LogP contribution in [-0.4, -0.2) is 18.0 Å². The fraction of sp³-hybridized carbons (Fsp3) is 0.333. The van der Waals surface area contributed by atoms with E-state index in [-0.39, 0.29) is 12.4 Å². The van der Waals surface area contributed by atoms with Crippen LogP contribution in [0.3, 0.4) is 0 Å². The van der Waals surface area contributed by atoms with E-state index in [0.717, 1.165) is 0 Å². The van der Waals surface area contributed by atoms with E-state index < -0.39 is 0 Å². The highest BCUT2D eigenvalue weighted by Crippen LogP contribution is 2.47. The maximum Gasteiger partial charge on any atom is 0.0624 e. The molecule has 0 spiro atoms. The first-order valence-corrected chi connectivity index (χ1v) is 8.35. The number of likely N-dealkylation sites (tertiary alicyclic amines) is 1. The predicted molar refractivity (Wildman–Crippen MR) is 91.5 cm³/mol. The Kier molecular flexibility index (Phi) is 4.58. The van der Waals surface area contributed by atoms with Gasteiger partial charge in [-0.2, -0.15) is 0 Å². The molecule has 4 rings (SSSR count). The molecular weight excluding hydrogens is 298 g/mol. The topological polar surface area (TPSA) is 3.24 Å². The Hall–Kier alpha value is -0.960. The highest BCUT2D eigenvalue weighted by molar-refractivity contribution is 7.99. The van der Waals surface area contributed by atoms with Gasteiger partial charge in [0.1, 0.15) is 0 Å². The maximum absolute atomic E-state index is 2.68. The second-order valence-electron chi connectivity index (χ2n) is 5.68. The van der Waals surface area contributed by atoms with E-state index in [9.17, 15) is 0 Å². The lowest BCUT2D eigenvalue weighted by molar-refractivity contribution is 0.183. The van der Waals surface area contributed by atoms with Gasteiger partial charge < -0.3 is 0 Å². The zero-order valence-electron chi connectivity index (χ0n) is 12.0. The number of piperidine rings is 1. The van der Waals surface area contributed by atoms with Gasteiger partial charge in [-0.15, -0.1) is 12.4 Å². The summed E-state index contributed by atoms with van der Waals surface area (Å²) >= 11 is 1.92. The summed E-state index contributed by atoms with van der Waals surface area (Å²) in [6, 6.07) is 18.3. The molecule has 0 aromatic heterocycles. The van der Waals surface area contributed by atoms with Crippen molar-refractivity contribution >= 4 is 24.2 Å². The molecule has 0 atom stereocenters. The maximum atomic E-state index is 2.68. The van der Waals surface area contributed by atoms with Crippen LogP contribution in [0.2, 0.25) is 0 Å². The van der Waals surface area contributed by atoms with E-state index in [2.05, 4.69) is 53.4 Å². The third-order valence-corrected chi connectivity index (χ3v) is 5.59. The van der Waals surface area contributed by atoms with E-state index in [1.54, 1.807) is 0 Å². The van der Waals surface area contributed by atoms with Gasteiger partial charge in [0.25, 0.3) is 0 Å². The standard InChI is InChI=1S/C18H19NS.ClH/c1-6-12-19(13-7-1)18-14-8-2-4-10-16(14)20-17-11-5-3-9-15(17)18;/h2-5,8-11,18H,1,6-7,12-13H2;1H. The Morgan fingerprint density at radius 3 is 1.86 bits per heavy atom. The third kappa shape index (κ3) is 2.73. The van der Waals surface area contributed by atoms with E-state index in [0.29, 0.717) is 6.04 Å². The van der Waals surface area contributed by atoms with Gasteiger partial charge in [-0.1, -0.05) is 54.6 Å². The molecule has 2 aromatic rings. The largest absolute Gasteiger partial charge is 0.292 e. The van der Waals surface area contributed by atoms with Crippen LogP contribution < -0.4 is 0 Å². The molecular formula is C18H20ClNS. The number of halogens is 1. The summed E-state index contributed by atoms with van der Waals surface area (Å²) < 4.78 is 0. The highest BCUT2D eigenvalue weighted by atomic mass is 35.5. The highest BCUT2D eigenvalue weighted by Gasteiger charge is 2.30. The number of hydrogen-bond acceptors (Lipinski definition) is 2. The number of nitrogens with zero attached hydrogens (tertiary/aromatic N) is 1. The minimum Gasteiger partial charge on any atom is -0.292 e. The van der Waals surface area contributed by atoms with Crippen LogP contribution in [0.15, 0.2) is 58.3 Å². The SMILES string of the molecule is Cl.c1ccc2c(c1)Sc1ccccc1C2N1CCCCC1. The molecule has 0 unspecified atom stereocenters. The monoisotopic (exact) mass is 317 g/mol. The molecule has 2 aromatic carbocycles. The summed E-state index contributed by atoms with van der Waals surface area (Å²) in [5.74, 6) is 0. The van der Waals surface area contributed by atoms with Crippen molar-refractivity contribution in [1.29, 1.82) is 0 Å². The zero-order valence-corrected chi connectivity index (χ0v) is 13.6. The number of hydrogen-bond donors (Lipinski definition) is 0. The molecule has 110 valence electrons. The minimum atomic E-state index is 0. The first-order chi connectivity index (χ1) is 9.93. The van der Waals surface area contributed by atoms with E-state index in [1.807, 2.05) is 11.8 Å². The summed E-state index contributed by atoms with van der Waals surface area (Å²) in [5, 5.41) is 0. The third-order valence-electron chi connectivity index (χ3n) is 4.40. The molecule has 2 heterocycles. The molecule has 1 nitrogen and oxygen atoms in total. The Morgan fingerprint density at radius 1 is 0.762 bits per heavy atom. The first kappa shape index (κ1) is 15.0. The fourth-order valence-electron chi connectivity index (χ4n) is 3.45. The van der Waals surface area contributed by atoms with Crippen molar-refractivity contribution in [1.82, 2.24) is 4.90 Å². The van der Waals surface area contributed by atoms with Gasteiger partial charge in [0, 0.05) is 9.79 Å². The summed E-state index contributed by atoms with van der Waals surface area (Å²) in [5.41, 5.74) is 3.00. The van der Waals surface area contributed by atoms with Gasteiger partial charge in [0.2, 0.25) is 0 Å². The van der Waals surface area contributed by atoms with Crippen LogP contribution >= 0.6 is 24.2 Å². The lowest BCUT2D eigenvalue weighted by Crippen LogP contribution is -2.35. The van der Waals surface area contributed by atoms with Crippen LogP contribution in [0.4, 0.5) is 0 Å². The molecule has 0 N–H and O–H groups in total. The molecule has 0 aliphatic carbocycles. The number of rotatable bonds is 1. The van der Waals surface area contributed by atoms with Crippen LogP contribution in [0.1, 0.15) is 36.4 Å². The van der Waals surface area contributed by atoms with E-state index in [1.165, 1.54) is 53.3 Å². The summed E-state index contributed by atoms with van der Waals surface area (Å²) in [4.78, 5) is 5.55. The zero-order chi connectivity index (χ0) is 13.4. The van der Waals surface area contributed by atoms with Gasteiger partial charge in [0.05, 0.1) is 6.04 Å². The molecule has 0 amide bonds. The van der Waals surface area contributed by atoms with Crippen molar-refractivity contribution in [3.63, 3.8) is 0 Å². The van der Waals surface area contributed by atoms with Crippen molar-refractivity contribution < 1.29 is 0 Å². The van der Waals surface area contributed by atoms with E-state index in [4.69, 9.17) is 0 Å². The van der Waals surface area contributed by atoms with Crippen LogP contribution in [0.5, 0.6) is 0 Å². The van der Waals surface area contributed by atoms with Crippen LogP contribution in [-0.2, 0) is 0 Å². The molecule has 3 heteroatoms. The summed E-state index contributed by atoms with van der Waals surface area (Å²) in [6.45, 7) is 2.47. The smallest absolute Gasteiger partial charge is 0.0624 e. The average Bonchev–Trinajstić information content (AvgIpc) is 2.53.